The largest absolute Gasteiger partial charge is 0.462 e. The normalized spacial score (nSPS) is 11.4. The fourth-order valence-corrected chi connectivity index (χ4v) is 3.30. The number of esters is 1. The van der Waals surface area contributed by atoms with Crippen LogP contribution in [0.2, 0.25) is 12.6 Å². The van der Waals surface area contributed by atoms with Crippen molar-refractivity contribution in [3.63, 3.8) is 0 Å². The van der Waals surface area contributed by atoms with Crippen LogP contribution in [0.4, 0.5) is 0 Å². The molecule has 0 rings (SSSR count). The van der Waals surface area contributed by atoms with Gasteiger partial charge in [0.2, 0.25) is 0 Å². The lowest BCUT2D eigenvalue weighted by Gasteiger charge is -2.22. The molecule has 0 N–H and O–H groups in total. The average molecular weight is 302 g/mol. The zero-order valence-corrected chi connectivity index (χ0v) is 14.5. The number of ether oxygens (including phenoxy) is 1. The summed E-state index contributed by atoms with van der Waals surface area (Å²) in [5.41, 5.74) is 0.466. The maximum atomic E-state index is 11.1. The lowest BCUT2D eigenvalue weighted by atomic mass is 10.1. The van der Waals surface area contributed by atoms with Crippen LogP contribution in [-0.4, -0.2) is 35.4 Å². The Morgan fingerprint density at radius 3 is 2.00 bits per heavy atom. The topological polar surface area (TPSA) is 44.8 Å². The summed E-state index contributed by atoms with van der Waals surface area (Å²) in [5, 5.41) is 0. The highest BCUT2D eigenvalue weighted by molar-refractivity contribution is 6.65. The molecule has 0 heterocycles. The van der Waals surface area contributed by atoms with Gasteiger partial charge in [-0.3, -0.25) is 0 Å². The molecule has 0 aromatic heterocycles. The summed E-state index contributed by atoms with van der Waals surface area (Å²) in [6.45, 7) is 7.82. The third kappa shape index (κ3) is 9.28. The van der Waals surface area contributed by atoms with Crippen molar-refractivity contribution in [3.8, 4) is 0 Å². The minimum Gasteiger partial charge on any atom is -0.462 e. The van der Waals surface area contributed by atoms with E-state index in [2.05, 4.69) is 13.1 Å². The average Bonchev–Trinajstić information content (AvgIpc) is 2.44. The Hall–Kier alpha value is -0.653. The molecule has 0 aliphatic carbocycles. The lowest BCUT2D eigenvalue weighted by Crippen LogP contribution is -2.35. The summed E-state index contributed by atoms with van der Waals surface area (Å²) in [7, 11) is 1.61. The van der Waals surface area contributed by atoms with Crippen LogP contribution in [0.15, 0.2) is 12.2 Å². The van der Waals surface area contributed by atoms with Crippen LogP contribution in [0.3, 0.4) is 0 Å². The smallest absolute Gasteiger partial charge is 0.334 e. The Morgan fingerprint density at radius 2 is 1.50 bits per heavy atom. The van der Waals surface area contributed by atoms with E-state index >= 15 is 0 Å². The third-order valence-electron chi connectivity index (χ3n) is 3.47. The van der Waals surface area contributed by atoms with Crippen molar-refractivity contribution in [2.75, 3.05) is 20.8 Å². The Balaban J connectivity index is 3.37. The molecule has 118 valence electrons. The van der Waals surface area contributed by atoms with E-state index in [-0.39, 0.29) is 5.97 Å². The molecule has 0 radical (unpaired) electrons. The van der Waals surface area contributed by atoms with Gasteiger partial charge < -0.3 is 13.6 Å². The highest BCUT2D eigenvalue weighted by atomic mass is 28.4. The Labute approximate surface area is 124 Å². The van der Waals surface area contributed by atoms with Crippen molar-refractivity contribution in [2.24, 2.45) is 0 Å². The molecule has 0 aromatic carbocycles. The number of unbranched alkanes of at least 4 members (excludes halogenated alkanes) is 5. The van der Waals surface area contributed by atoms with Gasteiger partial charge in [0.25, 0.3) is 0 Å². The number of rotatable bonds is 12. The second-order valence-corrected chi connectivity index (χ2v) is 8.91. The molecule has 0 saturated heterocycles. The monoisotopic (exact) mass is 302 g/mol. The quantitative estimate of drug-likeness (QED) is 0.238. The van der Waals surface area contributed by atoms with Crippen molar-refractivity contribution in [1.82, 2.24) is 0 Å². The maximum absolute atomic E-state index is 11.1. The van der Waals surface area contributed by atoms with Gasteiger partial charge in [0, 0.05) is 19.8 Å². The molecule has 0 saturated carbocycles. The van der Waals surface area contributed by atoms with Gasteiger partial charge in [-0.05, 0) is 25.9 Å². The minimum absolute atomic E-state index is 0.284. The summed E-state index contributed by atoms with van der Waals surface area (Å²) in [4.78, 5) is 11.1. The summed E-state index contributed by atoms with van der Waals surface area (Å²) in [6, 6.07) is 1.05. The van der Waals surface area contributed by atoms with Gasteiger partial charge in [-0.25, -0.2) is 4.79 Å². The molecule has 4 nitrogen and oxygen atoms in total. The second-order valence-electron chi connectivity index (χ2n) is 5.33. The molecule has 20 heavy (non-hydrogen) atoms. The number of hydrogen-bond acceptors (Lipinski definition) is 4. The van der Waals surface area contributed by atoms with E-state index in [1.54, 1.807) is 21.1 Å². The number of carbonyl (C=O) groups is 1. The summed E-state index contributed by atoms with van der Waals surface area (Å²) < 4.78 is 15.9. The number of carbonyl (C=O) groups excluding carboxylic acids is 1. The first-order valence-corrected chi connectivity index (χ1v) is 9.90. The van der Waals surface area contributed by atoms with E-state index in [0.717, 1.165) is 25.3 Å². The summed E-state index contributed by atoms with van der Waals surface area (Å²) >= 11 is 0. The van der Waals surface area contributed by atoms with Gasteiger partial charge in [0.1, 0.15) is 0 Å². The molecule has 0 unspecified atom stereocenters. The van der Waals surface area contributed by atoms with Crippen LogP contribution < -0.4 is 0 Å². The first-order valence-electron chi connectivity index (χ1n) is 7.38. The van der Waals surface area contributed by atoms with Crippen LogP contribution in [0.5, 0.6) is 0 Å². The Kier molecular flexibility index (Phi) is 10.7. The maximum Gasteiger partial charge on any atom is 0.334 e. The molecule has 5 heteroatoms. The van der Waals surface area contributed by atoms with Crippen molar-refractivity contribution < 1.29 is 18.4 Å². The molecular formula is C15H30O4Si. The fraction of sp³-hybridized carbons (Fsp3) is 0.800. The van der Waals surface area contributed by atoms with Gasteiger partial charge in [0.15, 0.2) is 0 Å². The molecule has 0 aliphatic heterocycles. The molecule has 0 aliphatic rings. The SMILES string of the molecule is C=C(C)C(=O)OCCCCCCCC[Si](C)(OC)OC. The highest BCUT2D eigenvalue weighted by Crippen LogP contribution is 2.17. The Morgan fingerprint density at radius 1 is 1.00 bits per heavy atom. The van der Waals surface area contributed by atoms with Crippen LogP contribution >= 0.6 is 0 Å². The highest BCUT2D eigenvalue weighted by Gasteiger charge is 2.27. The van der Waals surface area contributed by atoms with Crippen LogP contribution in [0.1, 0.15) is 45.4 Å². The minimum atomic E-state index is -1.87. The summed E-state index contributed by atoms with van der Waals surface area (Å²) in [6.07, 6.45) is 6.81. The molecule has 0 spiro atoms. The van der Waals surface area contributed by atoms with Crippen molar-refractivity contribution >= 4 is 14.5 Å². The van der Waals surface area contributed by atoms with E-state index in [1.165, 1.54) is 19.3 Å². The predicted octanol–water partition coefficient (Wildman–Crippen LogP) is 3.81. The third-order valence-corrected chi connectivity index (χ3v) is 6.46. The predicted molar refractivity (Wildman–Crippen MR) is 83.9 cm³/mol. The molecular weight excluding hydrogens is 272 g/mol. The lowest BCUT2D eigenvalue weighted by molar-refractivity contribution is -0.139. The van der Waals surface area contributed by atoms with E-state index in [4.69, 9.17) is 13.6 Å². The van der Waals surface area contributed by atoms with E-state index in [0.29, 0.717) is 12.2 Å². The van der Waals surface area contributed by atoms with Gasteiger partial charge >= 0.3 is 14.5 Å². The van der Waals surface area contributed by atoms with Gasteiger partial charge in [-0.1, -0.05) is 38.7 Å². The first-order chi connectivity index (χ1) is 9.45. The zero-order chi connectivity index (χ0) is 15.4. The fourth-order valence-electron chi connectivity index (χ4n) is 1.83. The van der Waals surface area contributed by atoms with E-state index in [9.17, 15) is 4.79 Å². The first kappa shape index (κ1) is 19.3. The molecule has 0 aromatic rings. The van der Waals surface area contributed by atoms with E-state index < -0.39 is 8.56 Å². The summed E-state index contributed by atoms with van der Waals surface area (Å²) in [5.74, 6) is -0.284. The van der Waals surface area contributed by atoms with Gasteiger partial charge in [0.05, 0.1) is 6.61 Å². The second kappa shape index (κ2) is 11.1. The van der Waals surface area contributed by atoms with E-state index in [1.807, 2.05) is 0 Å². The van der Waals surface area contributed by atoms with Crippen LogP contribution in [0, 0.1) is 0 Å². The molecule has 0 fully saturated rings. The van der Waals surface area contributed by atoms with Gasteiger partial charge in [-0.15, -0.1) is 0 Å². The van der Waals surface area contributed by atoms with Crippen LogP contribution in [0.25, 0.3) is 0 Å². The number of hydrogen-bond donors (Lipinski definition) is 0. The van der Waals surface area contributed by atoms with Crippen molar-refractivity contribution in [1.29, 1.82) is 0 Å². The van der Waals surface area contributed by atoms with Gasteiger partial charge in [-0.2, -0.15) is 0 Å². The van der Waals surface area contributed by atoms with Crippen LogP contribution in [-0.2, 0) is 18.4 Å². The molecule has 0 atom stereocenters. The van der Waals surface area contributed by atoms with Crippen molar-refractivity contribution in [2.45, 2.75) is 58.0 Å². The van der Waals surface area contributed by atoms with Crippen molar-refractivity contribution in [3.05, 3.63) is 12.2 Å². The molecule has 0 amide bonds. The molecule has 0 bridgehead atoms. The Bertz CT molecular complexity index is 288. The standard InChI is InChI=1S/C15H30O4Si/c1-14(2)15(16)19-12-10-8-6-7-9-11-13-20(5,17-3)18-4/h1,6-13H2,2-5H3. The zero-order valence-electron chi connectivity index (χ0n) is 13.5.